The Morgan fingerprint density at radius 2 is 2.00 bits per heavy atom. The molecule has 7 nitrogen and oxygen atoms in total. The van der Waals surface area contributed by atoms with E-state index in [1.54, 1.807) is 4.72 Å². The first-order valence-electron chi connectivity index (χ1n) is 11.6. The molecule has 0 bridgehead atoms. The fraction of sp³-hybridized carbons (Fsp3) is 0.565. The Morgan fingerprint density at radius 3 is 2.56 bits per heavy atom. The SMILES string of the molecule is Cc1c(S(=O)(=O)N[C@@H](C)C(F)(F)F)ccc(-c2sc(C(=O)NCC3(O)CC3)nc2CC2CCC2)c1Cl. The van der Waals surface area contributed by atoms with Gasteiger partial charge in [-0.2, -0.15) is 17.9 Å². The van der Waals surface area contributed by atoms with Gasteiger partial charge in [0, 0.05) is 12.1 Å². The molecule has 1 amide bonds. The molecule has 2 aliphatic carbocycles. The van der Waals surface area contributed by atoms with Gasteiger partial charge in [0.05, 0.1) is 26.1 Å². The number of amides is 1. The Balaban J connectivity index is 1.66. The van der Waals surface area contributed by atoms with Gasteiger partial charge in [-0.3, -0.25) is 4.79 Å². The smallest absolute Gasteiger partial charge is 0.388 e. The number of sulfonamides is 1. The van der Waals surface area contributed by atoms with Crippen LogP contribution in [0.1, 0.15) is 60.1 Å². The number of aromatic nitrogens is 1. The van der Waals surface area contributed by atoms with Crippen molar-refractivity contribution in [2.75, 3.05) is 6.54 Å². The predicted octanol–water partition coefficient (Wildman–Crippen LogP) is 4.60. The molecule has 0 radical (unpaired) electrons. The van der Waals surface area contributed by atoms with E-state index < -0.39 is 33.7 Å². The van der Waals surface area contributed by atoms with Crippen LogP contribution in [0.15, 0.2) is 17.0 Å². The van der Waals surface area contributed by atoms with Crippen LogP contribution >= 0.6 is 22.9 Å². The molecular weight excluding hydrogens is 539 g/mol. The molecule has 0 aliphatic heterocycles. The Labute approximate surface area is 216 Å². The minimum absolute atomic E-state index is 0.0651. The highest BCUT2D eigenvalue weighted by molar-refractivity contribution is 7.89. The maximum absolute atomic E-state index is 12.9. The molecule has 0 unspecified atom stereocenters. The van der Waals surface area contributed by atoms with Crippen LogP contribution in [0.3, 0.4) is 0 Å². The minimum atomic E-state index is -4.74. The molecule has 4 rings (SSSR count). The van der Waals surface area contributed by atoms with Gasteiger partial charge in [-0.25, -0.2) is 13.4 Å². The Kier molecular flexibility index (Phi) is 7.48. The molecule has 2 aliphatic rings. The highest BCUT2D eigenvalue weighted by Crippen LogP contribution is 2.41. The lowest BCUT2D eigenvalue weighted by molar-refractivity contribution is -0.147. The number of hydrogen-bond donors (Lipinski definition) is 3. The molecule has 1 atom stereocenters. The van der Waals surface area contributed by atoms with Gasteiger partial charge >= 0.3 is 6.18 Å². The lowest BCUT2D eigenvalue weighted by atomic mass is 9.82. The number of nitrogens with zero attached hydrogens (tertiary/aromatic N) is 1. The first kappa shape index (κ1) is 27.3. The van der Waals surface area contributed by atoms with Crippen LogP contribution in [0.4, 0.5) is 13.2 Å². The van der Waals surface area contributed by atoms with Crippen LogP contribution in [0, 0.1) is 12.8 Å². The second-order valence-corrected chi connectivity index (χ2v) is 12.7. The maximum Gasteiger partial charge on any atom is 0.404 e. The number of rotatable bonds is 9. The lowest BCUT2D eigenvalue weighted by Crippen LogP contribution is -2.43. The van der Waals surface area contributed by atoms with Gasteiger partial charge < -0.3 is 10.4 Å². The molecule has 1 heterocycles. The van der Waals surface area contributed by atoms with Crippen molar-refractivity contribution < 1.29 is 31.5 Å². The van der Waals surface area contributed by atoms with E-state index in [4.69, 9.17) is 11.6 Å². The summed E-state index contributed by atoms with van der Waals surface area (Å²) in [6, 6.07) is 0.386. The summed E-state index contributed by atoms with van der Waals surface area (Å²) in [6.07, 6.45) is 0.343. The van der Waals surface area contributed by atoms with Gasteiger partial charge in [-0.15, -0.1) is 11.3 Å². The quantitative estimate of drug-likeness (QED) is 0.412. The first-order chi connectivity index (χ1) is 16.7. The number of carbonyl (C=O) groups is 1. The average Bonchev–Trinajstić information content (AvgIpc) is 3.34. The van der Waals surface area contributed by atoms with Crippen molar-refractivity contribution in [1.29, 1.82) is 0 Å². The normalized spacial score (nSPS) is 18.5. The summed E-state index contributed by atoms with van der Waals surface area (Å²) in [6.45, 7) is 2.28. The van der Waals surface area contributed by atoms with Crippen LogP contribution in [-0.2, 0) is 16.4 Å². The van der Waals surface area contributed by atoms with Crippen molar-refractivity contribution in [3.05, 3.63) is 33.4 Å². The summed E-state index contributed by atoms with van der Waals surface area (Å²) in [5, 5.41) is 13.0. The summed E-state index contributed by atoms with van der Waals surface area (Å²) in [5.74, 6) is 0.000306. The number of aliphatic hydroxyl groups is 1. The maximum atomic E-state index is 12.9. The number of benzene rings is 1. The third kappa shape index (κ3) is 5.88. The van der Waals surface area contributed by atoms with Crippen LogP contribution in [-0.4, -0.2) is 48.8 Å². The van der Waals surface area contributed by atoms with Gasteiger partial charge in [0.15, 0.2) is 5.01 Å². The summed E-state index contributed by atoms with van der Waals surface area (Å²) in [5.41, 5.74) is 0.370. The number of carbonyl (C=O) groups excluding carboxylic acids is 1. The standard InChI is InChI=1S/C23H27ClF3N3O4S2/c1-12-17(36(33,34)30-13(2)23(25,26)27)7-6-15(18(12)24)19-16(10-14-4-3-5-14)29-21(35-19)20(31)28-11-22(32)8-9-22/h6-7,13-14,30,32H,3-5,8-11H2,1-2H3,(H,28,31)/t13-/m0/s1. The molecule has 3 N–H and O–H groups in total. The van der Waals surface area contributed by atoms with E-state index >= 15 is 0 Å². The minimum Gasteiger partial charge on any atom is -0.388 e. The Morgan fingerprint density at radius 1 is 1.33 bits per heavy atom. The molecule has 2 fully saturated rings. The molecule has 0 spiro atoms. The highest BCUT2D eigenvalue weighted by atomic mass is 35.5. The monoisotopic (exact) mass is 565 g/mol. The summed E-state index contributed by atoms with van der Waals surface area (Å²) in [4.78, 5) is 17.5. The van der Waals surface area contributed by atoms with E-state index in [-0.39, 0.29) is 27.0 Å². The lowest BCUT2D eigenvalue weighted by Gasteiger charge is -2.25. The van der Waals surface area contributed by atoms with Gasteiger partial charge in [0.1, 0.15) is 6.04 Å². The van der Waals surface area contributed by atoms with E-state index in [0.717, 1.165) is 37.5 Å². The van der Waals surface area contributed by atoms with Crippen molar-refractivity contribution in [2.45, 2.75) is 75.1 Å². The number of nitrogens with one attached hydrogen (secondary N) is 2. The third-order valence-electron chi connectivity index (χ3n) is 6.70. The van der Waals surface area contributed by atoms with E-state index in [9.17, 15) is 31.5 Å². The zero-order valence-electron chi connectivity index (χ0n) is 19.7. The van der Waals surface area contributed by atoms with Crippen LogP contribution in [0.25, 0.3) is 10.4 Å². The van der Waals surface area contributed by atoms with Crippen molar-refractivity contribution in [3.63, 3.8) is 0 Å². The van der Waals surface area contributed by atoms with Crippen LogP contribution < -0.4 is 10.0 Å². The van der Waals surface area contributed by atoms with E-state index in [2.05, 4.69) is 10.3 Å². The molecule has 198 valence electrons. The number of thiazole rings is 1. The molecule has 0 saturated heterocycles. The largest absolute Gasteiger partial charge is 0.404 e. The molecular formula is C23H27ClF3N3O4S2. The van der Waals surface area contributed by atoms with Crippen LogP contribution in [0.5, 0.6) is 0 Å². The van der Waals surface area contributed by atoms with Crippen molar-refractivity contribution in [3.8, 4) is 10.4 Å². The second-order valence-electron chi connectivity index (χ2n) is 9.64. The predicted molar refractivity (Wildman–Crippen MR) is 131 cm³/mol. The van der Waals surface area contributed by atoms with Gasteiger partial charge in [0.2, 0.25) is 10.0 Å². The average molecular weight is 566 g/mol. The van der Waals surface area contributed by atoms with Gasteiger partial charge in [0.25, 0.3) is 5.91 Å². The fourth-order valence-electron chi connectivity index (χ4n) is 3.91. The number of halogens is 4. The third-order valence-corrected chi connectivity index (χ3v) is 10.00. The molecule has 13 heteroatoms. The molecule has 1 aromatic carbocycles. The summed E-state index contributed by atoms with van der Waals surface area (Å²) < 4.78 is 65.8. The van der Waals surface area contributed by atoms with Gasteiger partial charge in [-0.1, -0.05) is 36.9 Å². The van der Waals surface area contributed by atoms with E-state index in [1.807, 2.05) is 0 Å². The molecule has 1 aromatic heterocycles. The highest BCUT2D eigenvalue weighted by Gasteiger charge is 2.41. The molecule has 36 heavy (non-hydrogen) atoms. The summed E-state index contributed by atoms with van der Waals surface area (Å²) in [7, 11) is -4.50. The first-order valence-corrected chi connectivity index (χ1v) is 14.3. The van der Waals surface area contributed by atoms with E-state index in [1.165, 1.54) is 19.1 Å². The van der Waals surface area contributed by atoms with Gasteiger partial charge in [-0.05, 0) is 50.7 Å². The van der Waals surface area contributed by atoms with Crippen molar-refractivity contribution in [2.24, 2.45) is 5.92 Å². The zero-order valence-corrected chi connectivity index (χ0v) is 22.1. The zero-order chi connectivity index (χ0) is 26.5. The fourth-order valence-corrected chi connectivity index (χ4v) is 6.80. The number of alkyl halides is 3. The van der Waals surface area contributed by atoms with Crippen molar-refractivity contribution in [1.82, 2.24) is 15.0 Å². The van der Waals surface area contributed by atoms with Crippen molar-refractivity contribution >= 4 is 38.9 Å². The second kappa shape index (κ2) is 9.86. The topological polar surface area (TPSA) is 108 Å². The number of hydrogen-bond acceptors (Lipinski definition) is 6. The molecule has 2 aromatic rings. The molecule has 2 saturated carbocycles. The van der Waals surface area contributed by atoms with E-state index in [0.29, 0.717) is 41.3 Å². The Bertz CT molecular complexity index is 1270. The Hall–Kier alpha value is -1.73. The summed E-state index contributed by atoms with van der Waals surface area (Å²) >= 11 is 7.69. The van der Waals surface area contributed by atoms with Crippen LogP contribution in [0.2, 0.25) is 5.02 Å².